The Morgan fingerprint density at radius 2 is 1.35 bits per heavy atom. The van der Waals surface area contributed by atoms with E-state index < -0.39 is 24.5 Å². The van der Waals surface area contributed by atoms with Gasteiger partial charge in [0.1, 0.15) is 11.5 Å². The lowest BCUT2D eigenvalue weighted by atomic mass is 10.1. The van der Waals surface area contributed by atoms with Gasteiger partial charge >= 0.3 is 17.9 Å². The molecule has 0 aliphatic heterocycles. The fourth-order valence-corrected chi connectivity index (χ4v) is 2.27. The van der Waals surface area contributed by atoms with Gasteiger partial charge in [0.05, 0.1) is 0 Å². The second-order valence-corrected chi connectivity index (χ2v) is 6.82. The molecule has 0 fully saturated rings. The van der Waals surface area contributed by atoms with Crippen molar-refractivity contribution in [1.29, 1.82) is 0 Å². The van der Waals surface area contributed by atoms with Crippen molar-refractivity contribution in [1.82, 2.24) is 0 Å². The Bertz CT molecular complexity index is 997. The first-order chi connectivity index (χ1) is 14.7. The lowest BCUT2D eigenvalue weighted by Gasteiger charge is -2.06. The number of hydrogen-bond acceptors (Lipinski definition) is 6. The molecule has 0 spiro atoms. The average molecular weight is 420 g/mol. The molecule has 2 aromatic rings. The zero-order chi connectivity index (χ0) is 22.8. The van der Waals surface area contributed by atoms with Crippen LogP contribution >= 0.6 is 0 Å². The van der Waals surface area contributed by atoms with E-state index in [2.05, 4.69) is 13.2 Å². The average Bonchev–Trinajstić information content (AvgIpc) is 2.74. The highest BCUT2D eigenvalue weighted by Crippen LogP contribution is 2.16. The molecule has 0 aromatic heterocycles. The zero-order valence-corrected chi connectivity index (χ0v) is 17.6. The van der Waals surface area contributed by atoms with Crippen LogP contribution in [0.4, 0.5) is 0 Å². The van der Waals surface area contributed by atoms with Crippen molar-refractivity contribution in [3.05, 3.63) is 90.0 Å². The van der Waals surface area contributed by atoms with Crippen molar-refractivity contribution in [3.63, 3.8) is 0 Å². The van der Waals surface area contributed by atoms with Crippen LogP contribution in [-0.2, 0) is 25.5 Å². The molecule has 0 radical (unpaired) electrons. The van der Waals surface area contributed by atoms with Crippen LogP contribution in [0.5, 0.6) is 11.5 Å². The summed E-state index contributed by atoms with van der Waals surface area (Å²) in [6, 6.07) is 14.2. The van der Waals surface area contributed by atoms with E-state index >= 15 is 0 Å². The van der Waals surface area contributed by atoms with Gasteiger partial charge in [-0.15, -0.1) is 0 Å². The molecule has 0 aliphatic rings. The minimum absolute atomic E-state index is 0.215. The molecule has 6 heteroatoms. The van der Waals surface area contributed by atoms with E-state index in [1.165, 1.54) is 6.92 Å². The van der Waals surface area contributed by atoms with Gasteiger partial charge in [0.15, 0.2) is 6.61 Å². The first kappa shape index (κ1) is 23.3. The largest absolute Gasteiger partial charge is 0.450 e. The molecule has 2 rings (SSSR count). The Morgan fingerprint density at radius 1 is 0.806 bits per heavy atom. The van der Waals surface area contributed by atoms with Crippen molar-refractivity contribution in [2.24, 2.45) is 0 Å². The summed E-state index contributed by atoms with van der Waals surface area (Å²) in [7, 11) is 0. The third kappa shape index (κ3) is 8.14. The molecular weight excluding hydrogens is 396 g/mol. The number of hydrogen-bond donors (Lipinski definition) is 0. The number of rotatable bonds is 9. The number of carbonyl (C=O) groups excluding carboxylic acids is 3. The number of ether oxygens (including phenoxy) is 3. The van der Waals surface area contributed by atoms with Gasteiger partial charge in [-0.05, 0) is 55.7 Å². The second-order valence-electron chi connectivity index (χ2n) is 6.82. The first-order valence-corrected chi connectivity index (χ1v) is 9.51. The maximum absolute atomic E-state index is 11.7. The number of benzene rings is 2. The molecule has 0 atom stereocenters. The zero-order valence-electron chi connectivity index (χ0n) is 17.6. The third-order valence-corrected chi connectivity index (χ3v) is 3.93. The fourth-order valence-electron chi connectivity index (χ4n) is 2.27. The van der Waals surface area contributed by atoms with E-state index in [0.717, 1.165) is 11.1 Å². The topological polar surface area (TPSA) is 78.9 Å². The SMILES string of the molecule is C=C(C)C(=O)OCC(=O)Oc1ccc(C/C=C/c2ccc(OC(=O)C(=C)C)cc2)cc1. The molecule has 31 heavy (non-hydrogen) atoms. The molecule has 0 amide bonds. The van der Waals surface area contributed by atoms with Crippen LogP contribution in [0.1, 0.15) is 25.0 Å². The quantitative estimate of drug-likeness (QED) is 0.339. The summed E-state index contributed by atoms with van der Waals surface area (Å²) in [5.41, 5.74) is 2.55. The predicted octanol–water partition coefficient (Wildman–Crippen LogP) is 4.45. The molecule has 160 valence electrons. The van der Waals surface area contributed by atoms with E-state index in [4.69, 9.17) is 14.2 Å². The van der Waals surface area contributed by atoms with Crippen LogP contribution in [0.2, 0.25) is 0 Å². The maximum Gasteiger partial charge on any atom is 0.349 e. The van der Waals surface area contributed by atoms with Crippen LogP contribution in [-0.4, -0.2) is 24.5 Å². The van der Waals surface area contributed by atoms with Gasteiger partial charge in [-0.2, -0.15) is 0 Å². The predicted molar refractivity (Wildman–Crippen MR) is 117 cm³/mol. The van der Waals surface area contributed by atoms with E-state index in [9.17, 15) is 14.4 Å². The Morgan fingerprint density at radius 3 is 1.94 bits per heavy atom. The monoisotopic (exact) mass is 420 g/mol. The summed E-state index contributed by atoms with van der Waals surface area (Å²) in [5, 5.41) is 0. The van der Waals surface area contributed by atoms with Crippen LogP contribution < -0.4 is 9.47 Å². The van der Waals surface area contributed by atoms with Crippen molar-refractivity contribution < 1.29 is 28.6 Å². The van der Waals surface area contributed by atoms with E-state index in [-0.39, 0.29) is 5.57 Å². The molecule has 6 nitrogen and oxygen atoms in total. The molecule has 0 heterocycles. The van der Waals surface area contributed by atoms with Gasteiger partial charge in [-0.25, -0.2) is 14.4 Å². The number of esters is 3. The summed E-state index contributed by atoms with van der Waals surface area (Å²) in [6.07, 6.45) is 4.62. The lowest BCUT2D eigenvalue weighted by Crippen LogP contribution is -2.18. The minimum Gasteiger partial charge on any atom is -0.450 e. The molecule has 0 saturated carbocycles. The normalized spacial score (nSPS) is 10.4. The highest BCUT2D eigenvalue weighted by atomic mass is 16.6. The lowest BCUT2D eigenvalue weighted by molar-refractivity contribution is -0.150. The Labute approximate surface area is 181 Å². The van der Waals surface area contributed by atoms with Crippen molar-refractivity contribution >= 4 is 24.0 Å². The summed E-state index contributed by atoms with van der Waals surface area (Å²) >= 11 is 0. The standard InChI is InChI=1S/C25H24O6/c1-17(2)24(27)29-16-23(26)30-21-12-8-19(9-13-21)6-5-7-20-10-14-22(15-11-20)31-25(28)18(3)4/h5,7-15H,1,3,6,16H2,2,4H3/b7-5+. The molecule has 0 bridgehead atoms. The van der Waals surface area contributed by atoms with Crippen molar-refractivity contribution in [2.45, 2.75) is 20.3 Å². The van der Waals surface area contributed by atoms with Gasteiger partial charge in [-0.1, -0.05) is 49.6 Å². The Kier molecular flexibility index (Phi) is 8.52. The molecule has 0 saturated heterocycles. The Hall–Kier alpha value is -3.93. The van der Waals surface area contributed by atoms with Gasteiger partial charge < -0.3 is 14.2 Å². The summed E-state index contributed by atoms with van der Waals surface area (Å²) < 4.78 is 15.0. The van der Waals surface area contributed by atoms with E-state index in [0.29, 0.717) is 23.5 Å². The van der Waals surface area contributed by atoms with Crippen molar-refractivity contribution in [2.75, 3.05) is 6.61 Å². The minimum atomic E-state index is -0.667. The highest BCUT2D eigenvalue weighted by molar-refractivity contribution is 5.89. The van der Waals surface area contributed by atoms with Gasteiger partial charge in [0.25, 0.3) is 0 Å². The molecule has 2 aromatic carbocycles. The number of allylic oxidation sites excluding steroid dienone is 1. The van der Waals surface area contributed by atoms with Gasteiger partial charge in [-0.3, -0.25) is 0 Å². The summed E-state index contributed by atoms with van der Waals surface area (Å²) in [5.74, 6) is -0.930. The summed E-state index contributed by atoms with van der Waals surface area (Å²) in [6.45, 7) is 9.61. The van der Waals surface area contributed by atoms with Gasteiger partial charge in [0.2, 0.25) is 0 Å². The smallest absolute Gasteiger partial charge is 0.349 e. The van der Waals surface area contributed by atoms with Crippen LogP contribution in [0.15, 0.2) is 78.9 Å². The van der Waals surface area contributed by atoms with E-state index in [1.54, 1.807) is 31.2 Å². The Balaban J connectivity index is 1.82. The van der Waals surface area contributed by atoms with Crippen molar-refractivity contribution in [3.8, 4) is 11.5 Å². The molecule has 0 N–H and O–H groups in total. The second kappa shape index (κ2) is 11.3. The third-order valence-electron chi connectivity index (χ3n) is 3.93. The highest BCUT2D eigenvalue weighted by Gasteiger charge is 2.10. The molecule has 0 aliphatic carbocycles. The van der Waals surface area contributed by atoms with Gasteiger partial charge in [0, 0.05) is 11.1 Å². The maximum atomic E-state index is 11.7. The number of carbonyl (C=O) groups is 3. The first-order valence-electron chi connectivity index (χ1n) is 9.51. The van der Waals surface area contributed by atoms with E-state index in [1.807, 2.05) is 36.4 Å². The summed E-state index contributed by atoms with van der Waals surface area (Å²) in [4.78, 5) is 34.5. The fraction of sp³-hybridized carbons (Fsp3) is 0.160. The molecule has 0 unspecified atom stereocenters. The van der Waals surface area contributed by atoms with Crippen LogP contribution in [0.3, 0.4) is 0 Å². The van der Waals surface area contributed by atoms with Crippen LogP contribution in [0, 0.1) is 0 Å². The van der Waals surface area contributed by atoms with Crippen LogP contribution in [0.25, 0.3) is 6.08 Å². The molecular formula is C25H24O6.